The number of hydrogen-bond acceptors (Lipinski definition) is 5. The summed E-state index contributed by atoms with van der Waals surface area (Å²) in [5.41, 5.74) is 1.39. The van der Waals surface area contributed by atoms with Gasteiger partial charge >= 0.3 is 0 Å². The smallest absolute Gasteiger partial charge is 0.136 e. The van der Waals surface area contributed by atoms with Gasteiger partial charge in [0.05, 0.1) is 0 Å². The number of hydrogen-bond donors (Lipinski definition) is 3. The van der Waals surface area contributed by atoms with Gasteiger partial charge in [-0.1, -0.05) is 0 Å². The van der Waals surface area contributed by atoms with Gasteiger partial charge in [-0.2, -0.15) is 0 Å². The first-order valence-corrected chi connectivity index (χ1v) is 8.14. The molecule has 2 fully saturated rings. The number of nitrogens with zero attached hydrogens (tertiary/aromatic N) is 2. The number of rotatable bonds is 8. The molecule has 3 rings (SSSR count). The summed E-state index contributed by atoms with van der Waals surface area (Å²) in [7, 11) is 0. The number of aliphatic hydroxyl groups is 1. The van der Waals surface area contributed by atoms with Gasteiger partial charge in [0.2, 0.25) is 0 Å². The molecule has 21 heavy (non-hydrogen) atoms. The molecule has 2 aliphatic rings. The van der Waals surface area contributed by atoms with E-state index in [1.54, 1.807) is 0 Å². The molecule has 0 unspecified atom stereocenters. The summed E-state index contributed by atoms with van der Waals surface area (Å²) in [6.45, 7) is 6.21. The Morgan fingerprint density at radius 1 is 1.19 bits per heavy atom. The number of aromatic nitrogens is 2. The molecule has 0 bridgehead atoms. The van der Waals surface area contributed by atoms with Crippen molar-refractivity contribution in [3.05, 3.63) is 11.4 Å². The topological polar surface area (TPSA) is 70.1 Å². The van der Waals surface area contributed by atoms with Crippen molar-refractivity contribution in [3.8, 4) is 0 Å². The van der Waals surface area contributed by atoms with E-state index < -0.39 is 0 Å². The fourth-order valence-electron chi connectivity index (χ4n) is 2.77. The van der Waals surface area contributed by atoms with Gasteiger partial charge in [0, 0.05) is 31.2 Å². The monoisotopic (exact) mass is 290 g/mol. The third-order valence-electron chi connectivity index (χ3n) is 4.68. The molecule has 116 valence electrons. The van der Waals surface area contributed by atoms with Gasteiger partial charge in [0.1, 0.15) is 17.5 Å². The summed E-state index contributed by atoms with van der Waals surface area (Å²) in [6, 6.07) is 0. The van der Waals surface area contributed by atoms with Crippen LogP contribution >= 0.6 is 0 Å². The van der Waals surface area contributed by atoms with Crippen molar-refractivity contribution in [3.63, 3.8) is 0 Å². The van der Waals surface area contributed by atoms with Crippen LogP contribution in [0.15, 0.2) is 0 Å². The summed E-state index contributed by atoms with van der Waals surface area (Å²) in [5, 5.41) is 16.0. The molecule has 0 amide bonds. The van der Waals surface area contributed by atoms with Crippen LogP contribution in [0.5, 0.6) is 0 Å². The second-order valence-corrected chi connectivity index (χ2v) is 6.54. The Balaban J connectivity index is 1.76. The Labute approximate surface area is 126 Å². The highest BCUT2D eigenvalue weighted by Gasteiger charge is 2.41. The van der Waals surface area contributed by atoms with Gasteiger partial charge in [-0.05, 0) is 51.4 Å². The quantitative estimate of drug-likeness (QED) is 0.686. The maximum atomic E-state index is 9.17. The second-order valence-electron chi connectivity index (χ2n) is 6.54. The lowest BCUT2D eigenvalue weighted by atomic mass is 10.0. The molecule has 1 heterocycles. The maximum Gasteiger partial charge on any atom is 0.136 e. The molecule has 2 aliphatic carbocycles. The molecule has 5 heteroatoms. The van der Waals surface area contributed by atoms with Crippen LogP contribution in [0.4, 0.5) is 11.6 Å². The third-order valence-corrected chi connectivity index (χ3v) is 4.68. The maximum absolute atomic E-state index is 9.17. The van der Waals surface area contributed by atoms with Gasteiger partial charge in [0.15, 0.2) is 0 Å². The molecule has 0 atom stereocenters. The van der Waals surface area contributed by atoms with Crippen LogP contribution in [0, 0.1) is 12.3 Å². The van der Waals surface area contributed by atoms with E-state index >= 15 is 0 Å². The second kappa shape index (κ2) is 5.79. The Hall–Kier alpha value is -1.36. The van der Waals surface area contributed by atoms with E-state index in [9.17, 15) is 0 Å². The molecule has 0 radical (unpaired) electrons. The first kappa shape index (κ1) is 14.6. The molecule has 0 aromatic carbocycles. The standard InChI is InChI=1S/C16H26N4O/c1-3-17-13-11(2)14(20-15(19-13)12-4-5-12)18-10-16(6-7-16)8-9-21/h12,21H,3-10H2,1-2H3,(H2,17,18,19,20). The SMILES string of the molecule is CCNc1nc(C2CC2)nc(NCC2(CCO)CC2)c1C. The van der Waals surface area contributed by atoms with Crippen molar-refractivity contribution in [2.45, 2.75) is 51.9 Å². The van der Waals surface area contributed by atoms with Crippen molar-refractivity contribution < 1.29 is 5.11 Å². The summed E-state index contributed by atoms with van der Waals surface area (Å²) < 4.78 is 0. The van der Waals surface area contributed by atoms with E-state index in [0.29, 0.717) is 11.3 Å². The zero-order chi connectivity index (χ0) is 14.9. The first-order valence-electron chi connectivity index (χ1n) is 8.14. The van der Waals surface area contributed by atoms with E-state index in [2.05, 4.69) is 29.5 Å². The molecule has 1 aromatic heterocycles. The molecule has 0 saturated heterocycles. The van der Waals surface area contributed by atoms with Crippen LogP contribution in [0.3, 0.4) is 0 Å². The Morgan fingerprint density at radius 2 is 1.86 bits per heavy atom. The highest BCUT2D eigenvalue weighted by molar-refractivity contribution is 5.57. The molecule has 0 aliphatic heterocycles. The lowest BCUT2D eigenvalue weighted by Gasteiger charge is -2.18. The Morgan fingerprint density at radius 3 is 2.38 bits per heavy atom. The van der Waals surface area contributed by atoms with Crippen LogP contribution in [0.1, 0.15) is 56.3 Å². The lowest BCUT2D eigenvalue weighted by Crippen LogP contribution is -2.19. The van der Waals surface area contributed by atoms with Crippen LogP contribution in [0.2, 0.25) is 0 Å². The number of nitrogens with one attached hydrogen (secondary N) is 2. The van der Waals surface area contributed by atoms with E-state index in [1.165, 1.54) is 25.7 Å². The van der Waals surface area contributed by atoms with Crippen LogP contribution in [0.25, 0.3) is 0 Å². The molecule has 1 aromatic rings. The van der Waals surface area contributed by atoms with Crippen LogP contribution < -0.4 is 10.6 Å². The molecular weight excluding hydrogens is 264 g/mol. The average Bonchev–Trinajstić information content (AvgIpc) is 3.35. The Kier molecular flexibility index (Phi) is 4.02. The van der Waals surface area contributed by atoms with Gasteiger partial charge in [-0.3, -0.25) is 0 Å². The predicted molar refractivity (Wildman–Crippen MR) is 84.8 cm³/mol. The lowest BCUT2D eigenvalue weighted by molar-refractivity contribution is 0.253. The van der Waals surface area contributed by atoms with Crippen molar-refractivity contribution in [2.75, 3.05) is 30.3 Å². The average molecular weight is 290 g/mol. The summed E-state index contributed by atoms with van der Waals surface area (Å²) in [4.78, 5) is 9.42. The summed E-state index contributed by atoms with van der Waals surface area (Å²) >= 11 is 0. The largest absolute Gasteiger partial charge is 0.396 e. The highest BCUT2D eigenvalue weighted by Crippen LogP contribution is 2.48. The van der Waals surface area contributed by atoms with E-state index in [0.717, 1.165) is 42.5 Å². The van der Waals surface area contributed by atoms with E-state index in [1.807, 2.05) is 0 Å². The van der Waals surface area contributed by atoms with E-state index in [4.69, 9.17) is 10.1 Å². The van der Waals surface area contributed by atoms with Crippen molar-refractivity contribution in [1.82, 2.24) is 9.97 Å². The van der Waals surface area contributed by atoms with Crippen LogP contribution in [-0.4, -0.2) is 34.8 Å². The molecular formula is C16H26N4O. The normalized spacial score (nSPS) is 19.4. The molecule has 3 N–H and O–H groups in total. The molecule has 5 nitrogen and oxygen atoms in total. The number of aliphatic hydroxyl groups excluding tert-OH is 1. The first-order chi connectivity index (χ1) is 10.2. The van der Waals surface area contributed by atoms with Crippen molar-refractivity contribution >= 4 is 11.6 Å². The predicted octanol–water partition coefficient (Wildman–Crippen LogP) is 2.67. The van der Waals surface area contributed by atoms with Gasteiger partial charge in [-0.25, -0.2) is 9.97 Å². The zero-order valence-electron chi connectivity index (χ0n) is 13.1. The minimum absolute atomic E-state index is 0.278. The zero-order valence-corrected chi connectivity index (χ0v) is 13.1. The fourth-order valence-corrected chi connectivity index (χ4v) is 2.77. The van der Waals surface area contributed by atoms with E-state index in [-0.39, 0.29) is 6.61 Å². The third kappa shape index (κ3) is 3.28. The van der Waals surface area contributed by atoms with Gasteiger partial charge in [0.25, 0.3) is 0 Å². The van der Waals surface area contributed by atoms with Crippen LogP contribution in [-0.2, 0) is 0 Å². The minimum Gasteiger partial charge on any atom is -0.396 e. The van der Waals surface area contributed by atoms with Crippen molar-refractivity contribution in [1.29, 1.82) is 0 Å². The molecule has 2 saturated carbocycles. The number of anilines is 2. The van der Waals surface area contributed by atoms with Gasteiger partial charge in [-0.15, -0.1) is 0 Å². The summed E-state index contributed by atoms with van der Waals surface area (Å²) in [6.07, 6.45) is 5.73. The highest BCUT2D eigenvalue weighted by atomic mass is 16.3. The molecule has 0 spiro atoms. The summed E-state index contributed by atoms with van der Waals surface area (Å²) in [5.74, 6) is 3.46. The van der Waals surface area contributed by atoms with Gasteiger partial charge < -0.3 is 15.7 Å². The van der Waals surface area contributed by atoms with Crippen molar-refractivity contribution in [2.24, 2.45) is 5.41 Å². The minimum atomic E-state index is 0.278. The Bertz CT molecular complexity index is 509. The fraction of sp³-hybridized carbons (Fsp3) is 0.750.